The molecular weight excluding hydrogens is 448 g/mol. The fourth-order valence-corrected chi connectivity index (χ4v) is 4.91. The van der Waals surface area contributed by atoms with Crippen molar-refractivity contribution in [2.24, 2.45) is 5.73 Å². The molecule has 0 radical (unpaired) electrons. The van der Waals surface area contributed by atoms with Gasteiger partial charge in [-0.05, 0) is 55.6 Å². The molecule has 0 aliphatic carbocycles. The summed E-state index contributed by atoms with van der Waals surface area (Å²) in [6.07, 6.45) is 3.15. The Balaban J connectivity index is 1.70. The van der Waals surface area contributed by atoms with E-state index in [1.807, 2.05) is 31.2 Å². The normalized spacial score (nSPS) is 12.7. The van der Waals surface area contributed by atoms with Gasteiger partial charge in [0.05, 0.1) is 17.8 Å². The van der Waals surface area contributed by atoms with Gasteiger partial charge in [-0.1, -0.05) is 30.3 Å². The Morgan fingerprint density at radius 1 is 1.12 bits per heavy atom. The van der Waals surface area contributed by atoms with E-state index in [1.165, 1.54) is 24.4 Å². The van der Waals surface area contributed by atoms with Gasteiger partial charge in [0.25, 0.3) is 10.0 Å². The van der Waals surface area contributed by atoms with Crippen LogP contribution in [0.25, 0.3) is 10.9 Å². The summed E-state index contributed by atoms with van der Waals surface area (Å²) >= 11 is 0. The van der Waals surface area contributed by atoms with Gasteiger partial charge in [-0.15, -0.1) is 0 Å². The molecule has 0 bridgehead atoms. The van der Waals surface area contributed by atoms with Crippen molar-refractivity contribution in [3.8, 4) is 0 Å². The molecule has 1 atom stereocenters. The predicted octanol–water partition coefficient (Wildman–Crippen LogP) is 4.01. The zero-order valence-electron chi connectivity index (χ0n) is 17.9. The van der Waals surface area contributed by atoms with Crippen LogP contribution in [-0.4, -0.2) is 29.7 Å². The minimum absolute atomic E-state index is 0.215. The van der Waals surface area contributed by atoms with Gasteiger partial charge in [-0.3, -0.25) is 9.40 Å². The first-order valence-electron chi connectivity index (χ1n) is 10.4. The molecule has 33 heavy (non-hydrogen) atoms. The number of aryl methyl sites for hydroxylation is 1. The van der Waals surface area contributed by atoms with Crippen molar-refractivity contribution in [1.29, 1.82) is 0 Å². The lowest BCUT2D eigenvalue weighted by Gasteiger charge is -2.18. The molecule has 4 aromatic rings. The lowest BCUT2D eigenvalue weighted by Crippen LogP contribution is -2.16. The second-order valence-corrected chi connectivity index (χ2v) is 9.30. The van der Waals surface area contributed by atoms with Crippen LogP contribution in [0.5, 0.6) is 0 Å². The zero-order valence-corrected chi connectivity index (χ0v) is 18.7. The topological polar surface area (TPSA) is 103 Å². The van der Waals surface area contributed by atoms with Crippen LogP contribution >= 0.6 is 0 Å². The predicted molar refractivity (Wildman–Crippen MR) is 122 cm³/mol. The minimum atomic E-state index is -4.34. The molecule has 0 amide bonds. The summed E-state index contributed by atoms with van der Waals surface area (Å²) in [7, 11) is -4.34. The summed E-state index contributed by atoms with van der Waals surface area (Å²) in [5.74, 6) is -2.04. The van der Waals surface area contributed by atoms with E-state index in [9.17, 15) is 17.2 Å². The summed E-state index contributed by atoms with van der Waals surface area (Å²) in [5, 5.41) is 4.85. The first-order valence-corrected chi connectivity index (χ1v) is 11.9. The maximum Gasteiger partial charge on any atom is 0.265 e. The minimum Gasteiger partial charge on any atom is -0.330 e. The highest BCUT2D eigenvalue weighted by Gasteiger charge is 2.23. The second-order valence-electron chi connectivity index (χ2n) is 7.65. The molecule has 2 heterocycles. The number of nitrogens with one attached hydrogen (secondary N) is 1. The van der Waals surface area contributed by atoms with Crippen LogP contribution in [0.2, 0.25) is 0 Å². The lowest BCUT2D eigenvalue weighted by molar-refractivity contribution is 0.563. The number of pyridine rings is 1. The molecule has 10 heteroatoms. The number of hydrogen-bond donors (Lipinski definition) is 2. The molecule has 0 aliphatic rings. The van der Waals surface area contributed by atoms with Crippen LogP contribution in [0.4, 0.5) is 14.6 Å². The van der Waals surface area contributed by atoms with Crippen molar-refractivity contribution < 1.29 is 17.2 Å². The highest BCUT2D eigenvalue weighted by molar-refractivity contribution is 7.92. The fourth-order valence-electron chi connectivity index (χ4n) is 3.81. The third-order valence-corrected chi connectivity index (χ3v) is 6.78. The van der Waals surface area contributed by atoms with Crippen LogP contribution in [0.1, 0.15) is 30.5 Å². The SMILES string of the molecule is C[C@H](c1ccccc1CCCN)n1ncc2cc(S(=O)(=O)Nc3cccc(F)n3)c(F)cc21. The summed E-state index contributed by atoms with van der Waals surface area (Å²) in [6.45, 7) is 2.53. The molecule has 2 aromatic carbocycles. The van der Waals surface area contributed by atoms with Crippen molar-refractivity contribution in [3.05, 3.63) is 83.7 Å². The number of nitrogens with two attached hydrogens (primary N) is 1. The third-order valence-electron chi connectivity index (χ3n) is 5.42. The van der Waals surface area contributed by atoms with Gasteiger partial charge in [0.1, 0.15) is 16.5 Å². The Hall–Kier alpha value is -3.37. The Morgan fingerprint density at radius 2 is 1.91 bits per heavy atom. The zero-order chi connectivity index (χ0) is 23.6. The van der Waals surface area contributed by atoms with Crippen LogP contribution in [0.15, 0.2) is 65.7 Å². The summed E-state index contributed by atoms with van der Waals surface area (Å²) in [4.78, 5) is 2.89. The first kappa shape index (κ1) is 22.8. The first-order chi connectivity index (χ1) is 15.8. The van der Waals surface area contributed by atoms with E-state index in [0.717, 1.165) is 36.1 Å². The monoisotopic (exact) mass is 471 g/mol. The Morgan fingerprint density at radius 3 is 2.67 bits per heavy atom. The van der Waals surface area contributed by atoms with Gasteiger partial charge >= 0.3 is 0 Å². The Bertz CT molecular complexity index is 1410. The van der Waals surface area contributed by atoms with Crippen molar-refractivity contribution in [1.82, 2.24) is 14.8 Å². The number of hydrogen-bond acceptors (Lipinski definition) is 5. The fraction of sp³-hybridized carbons (Fsp3) is 0.217. The molecule has 7 nitrogen and oxygen atoms in total. The molecule has 0 aliphatic heterocycles. The van der Waals surface area contributed by atoms with Crippen LogP contribution in [-0.2, 0) is 16.4 Å². The van der Waals surface area contributed by atoms with Gasteiger partial charge in [0, 0.05) is 11.5 Å². The van der Waals surface area contributed by atoms with Gasteiger partial charge in [-0.2, -0.15) is 9.49 Å². The molecule has 172 valence electrons. The van der Waals surface area contributed by atoms with Gasteiger partial charge < -0.3 is 5.73 Å². The van der Waals surface area contributed by atoms with Gasteiger partial charge in [0.15, 0.2) is 0 Å². The summed E-state index contributed by atoms with van der Waals surface area (Å²) in [5.41, 5.74) is 8.28. The van der Waals surface area contributed by atoms with E-state index in [0.29, 0.717) is 17.4 Å². The van der Waals surface area contributed by atoms with Crippen molar-refractivity contribution in [2.75, 3.05) is 11.3 Å². The van der Waals surface area contributed by atoms with Crippen molar-refractivity contribution in [2.45, 2.75) is 30.7 Å². The molecule has 2 aromatic heterocycles. The molecule has 0 unspecified atom stereocenters. The average molecular weight is 472 g/mol. The van der Waals surface area contributed by atoms with Crippen LogP contribution in [0, 0.1) is 11.8 Å². The lowest BCUT2D eigenvalue weighted by atomic mass is 9.98. The Kier molecular flexibility index (Phi) is 6.39. The van der Waals surface area contributed by atoms with E-state index < -0.39 is 26.7 Å². The molecule has 3 N–H and O–H groups in total. The number of anilines is 1. The molecule has 0 saturated heterocycles. The smallest absolute Gasteiger partial charge is 0.265 e. The van der Waals surface area contributed by atoms with Crippen LogP contribution in [0.3, 0.4) is 0 Å². The summed E-state index contributed by atoms with van der Waals surface area (Å²) in [6, 6.07) is 13.7. The standard InChI is InChI=1S/C23H23F2N5O2S/c1-15(18-8-3-2-6-16(18)7-5-11-26)30-20-13-19(24)21(12-17(20)14-27-30)33(31,32)29-23-10-4-9-22(25)28-23/h2-4,6,8-10,12-15H,5,7,11,26H2,1H3,(H,28,29)/t15-/m1/s1. The van der Waals surface area contributed by atoms with Crippen molar-refractivity contribution >= 4 is 26.7 Å². The van der Waals surface area contributed by atoms with Gasteiger partial charge in [0.2, 0.25) is 5.95 Å². The number of fused-ring (bicyclic) bond motifs is 1. The van der Waals surface area contributed by atoms with E-state index in [4.69, 9.17) is 5.73 Å². The van der Waals surface area contributed by atoms with E-state index in [2.05, 4.69) is 14.8 Å². The quantitative estimate of drug-likeness (QED) is 0.378. The second kappa shape index (κ2) is 9.24. The molecule has 4 rings (SSSR count). The molecule has 0 spiro atoms. The number of sulfonamides is 1. The molecule has 0 saturated carbocycles. The number of aromatic nitrogens is 3. The largest absolute Gasteiger partial charge is 0.330 e. The number of rotatable bonds is 8. The van der Waals surface area contributed by atoms with E-state index >= 15 is 0 Å². The number of benzene rings is 2. The van der Waals surface area contributed by atoms with E-state index in [1.54, 1.807) is 4.68 Å². The van der Waals surface area contributed by atoms with Gasteiger partial charge in [-0.25, -0.2) is 17.8 Å². The highest BCUT2D eigenvalue weighted by Crippen LogP contribution is 2.29. The maximum atomic E-state index is 15.0. The molecular formula is C23H23F2N5O2S. The highest BCUT2D eigenvalue weighted by atomic mass is 32.2. The average Bonchev–Trinajstić information content (AvgIpc) is 3.19. The molecule has 0 fully saturated rings. The van der Waals surface area contributed by atoms with Crippen LogP contribution < -0.4 is 10.5 Å². The number of halogens is 2. The third kappa shape index (κ3) is 4.71. The number of nitrogens with zero attached hydrogens (tertiary/aromatic N) is 3. The maximum absolute atomic E-state index is 15.0. The summed E-state index contributed by atoms with van der Waals surface area (Å²) < 4.78 is 57.5. The van der Waals surface area contributed by atoms with Crippen molar-refractivity contribution in [3.63, 3.8) is 0 Å². The Labute approximate surface area is 190 Å². The van der Waals surface area contributed by atoms with E-state index in [-0.39, 0.29) is 11.9 Å².